The highest BCUT2D eigenvalue weighted by atomic mass is 14.7. The highest BCUT2D eigenvalue weighted by molar-refractivity contribution is 6.21. The topological polar surface area (TPSA) is 15.8 Å². The summed E-state index contributed by atoms with van der Waals surface area (Å²) in [5.41, 5.74) is 2.25. The average Bonchev–Trinajstić information content (AvgIpc) is 2.92. The minimum atomic E-state index is 1.08. The summed E-state index contributed by atoms with van der Waals surface area (Å²) in [6, 6.07) is 27.0. The molecule has 0 unspecified atom stereocenters. The van der Waals surface area contributed by atoms with E-state index in [4.69, 9.17) is 0 Å². The fourth-order valence-corrected chi connectivity index (χ4v) is 3.27. The van der Waals surface area contributed by atoms with Crippen LogP contribution in [0.5, 0.6) is 0 Å². The van der Waals surface area contributed by atoms with Crippen LogP contribution in [-0.4, -0.2) is 4.98 Å². The molecular formula is C20H12N. The second kappa shape index (κ2) is 3.86. The van der Waals surface area contributed by atoms with Crippen LogP contribution in [0.2, 0.25) is 0 Å². The molecule has 0 fully saturated rings. The van der Waals surface area contributed by atoms with Gasteiger partial charge in [-0.05, 0) is 45.8 Å². The molecule has 1 nitrogen and oxygen atoms in total. The van der Waals surface area contributed by atoms with E-state index in [0.717, 1.165) is 5.52 Å². The van der Waals surface area contributed by atoms with Gasteiger partial charge in [0.15, 0.2) is 0 Å². The van der Waals surface area contributed by atoms with E-state index in [1.54, 1.807) is 0 Å². The Balaban J connectivity index is 2.09. The smallest absolute Gasteiger partial charge is 0.0551 e. The van der Waals surface area contributed by atoms with E-state index in [0.29, 0.717) is 0 Å². The summed E-state index contributed by atoms with van der Waals surface area (Å²) in [6.45, 7) is 0. The lowest BCUT2D eigenvalue weighted by Gasteiger charge is -2.04. The lowest BCUT2D eigenvalue weighted by Crippen LogP contribution is -1.78. The molecule has 0 aliphatic rings. The number of nitrogens with one attached hydrogen (secondary N) is 1. The molecule has 1 heterocycles. The summed E-state index contributed by atoms with van der Waals surface area (Å²) in [5, 5.41) is 7.63. The van der Waals surface area contributed by atoms with Gasteiger partial charge in [-0.15, -0.1) is 0 Å². The number of benzene rings is 4. The van der Waals surface area contributed by atoms with Gasteiger partial charge >= 0.3 is 0 Å². The van der Waals surface area contributed by atoms with Crippen LogP contribution in [-0.2, 0) is 0 Å². The zero-order valence-electron chi connectivity index (χ0n) is 11.4. The standard InChI is InChI=1S/C20H12N/c1-2-6-14-12-17-15(11-13(14)5-1)9-10-19-20(17)16-7-3-4-8-18(16)21-19/h1-9,11-12,21H. The summed E-state index contributed by atoms with van der Waals surface area (Å²) in [6.07, 6.45) is 0. The fourth-order valence-electron chi connectivity index (χ4n) is 3.27. The number of hydrogen-bond acceptors (Lipinski definition) is 0. The Morgan fingerprint density at radius 2 is 1.48 bits per heavy atom. The zero-order chi connectivity index (χ0) is 13.8. The van der Waals surface area contributed by atoms with Gasteiger partial charge in [0.1, 0.15) is 0 Å². The third-order valence-corrected chi connectivity index (χ3v) is 4.27. The second-order valence-corrected chi connectivity index (χ2v) is 5.50. The minimum absolute atomic E-state index is 1.08. The number of rotatable bonds is 0. The van der Waals surface area contributed by atoms with E-state index in [9.17, 15) is 0 Å². The van der Waals surface area contributed by atoms with Gasteiger partial charge < -0.3 is 4.98 Å². The first-order valence-corrected chi connectivity index (χ1v) is 7.14. The Morgan fingerprint density at radius 3 is 2.38 bits per heavy atom. The quantitative estimate of drug-likeness (QED) is 0.360. The molecule has 1 N–H and O–H groups in total. The summed E-state index contributed by atoms with van der Waals surface area (Å²) in [7, 11) is 0. The maximum atomic E-state index is 3.46. The summed E-state index contributed by atoms with van der Waals surface area (Å²) in [4.78, 5) is 3.46. The lowest BCUT2D eigenvalue weighted by atomic mass is 9.99. The number of para-hydroxylation sites is 1. The molecule has 0 bridgehead atoms. The SMILES string of the molecule is [c]1cc2cc3ccccc3cc2c2c1[nH]c1ccccc12. The molecule has 97 valence electrons. The number of hydrogen-bond donors (Lipinski definition) is 1. The molecule has 0 atom stereocenters. The van der Waals surface area contributed by atoms with Crippen molar-refractivity contribution in [1.82, 2.24) is 4.98 Å². The van der Waals surface area contributed by atoms with Crippen LogP contribution < -0.4 is 0 Å². The number of aromatic amines is 1. The molecule has 0 aliphatic heterocycles. The van der Waals surface area contributed by atoms with E-state index in [2.05, 4.69) is 77.8 Å². The lowest BCUT2D eigenvalue weighted by molar-refractivity contribution is 1.55. The van der Waals surface area contributed by atoms with Crippen LogP contribution in [0, 0.1) is 6.07 Å². The van der Waals surface area contributed by atoms with Crippen molar-refractivity contribution in [3.05, 3.63) is 72.8 Å². The van der Waals surface area contributed by atoms with E-state index in [1.807, 2.05) is 0 Å². The molecule has 4 aromatic carbocycles. The van der Waals surface area contributed by atoms with Crippen LogP contribution >= 0.6 is 0 Å². The predicted octanol–water partition coefficient (Wildman–Crippen LogP) is 5.43. The van der Waals surface area contributed by atoms with E-state index in [-0.39, 0.29) is 0 Å². The maximum Gasteiger partial charge on any atom is 0.0551 e. The Kier molecular flexibility index (Phi) is 2.01. The highest BCUT2D eigenvalue weighted by Crippen LogP contribution is 2.33. The molecule has 1 heteroatoms. The number of fused-ring (bicyclic) bond motifs is 6. The van der Waals surface area contributed by atoms with E-state index >= 15 is 0 Å². The Bertz CT molecular complexity index is 1130. The van der Waals surface area contributed by atoms with Crippen molar-refractivity contribution < 1.29 is 0 Å². The second-order valence-electron chi connectivity index (χ2n) is 5.50. The molecule has 0 spiro atoms. The molecule has 0 amide bonds. The van der Waals surface area contributed by atoms with Crippen molar-refractivity contribution in [2.24, 2.45) is 0 Å². The summed E-state index contributed by atoms with van der Waals surface area (Å²) >= 11 is 0. The molecule has 5 aromatic rings. The van der Waals surface area contributed by atoms with Crippen molar-refractivity contribution >= 4 is 43.4 Å². The van der Waals surface area contributed by atoms with Gasteiger partial charge in [-0.1, -0.05) is 42.5 Å². The van der Waals surface area contributed by atoms with E-state index in [1.165, 1.54) is 37.8 Å². The van der Waals surface area contributed by atoms with Crippen molar-refractivity contribution in [3.8, 4) is 0 Å². The third kappa shape index (κ3) is 1.46. The molecule has 5 rings (SSSR count). The first-order valence-electron chi connectivity index (χ1n) is 7.14. The van der Waals surface area contributed by atoms with Crippen LogP contribution in [0.4, 0.5) is 0 Å². The van der Waals surface area contributed by atoms with Crippen LogP contribution in [0.25, 0.3) is 43.4 Å². The molecule has 0 saturated carbocycles. The van der Waals surface area contributed by atoms with Crippen molar-refractivity contribution in [2.75, 3.05) is 0 Å². The largest absolute Gasteiger partial charge is 0.354 e. The molecule has 0 aliphatic carbocycles. The Morgan fingerprint density at radius 1 is 0.714 bits per heavy atom. The minimum Gasteiger partial charge on any atom is -0.354 e. The van der Waals surface area contributed by atoms with Gasteiger partial charge in [-0.2, -0.15) is 0 Å². The summed E-state index contributed by atoms with van der Waals surface area (Å²) < 4.78 is 0. The van der Waals surface area contributed by atoms with Crippen LogP contribution in [0.15, 0.2) is 66.7 Å². The first kappa shape index (κ1) is 10.9. The molecule has 0 saturated heterocycles. The monoisotopic (exact) mass is 266 g/mol. The Labute approximate surface area is 121 Å². The van der Waals surface area contributed by atoms with Crippen molar-refractivity contribution in [1.29, 1.82) is 0 Å². The van der Waals surface area contributed by atoms with Gasteiger partial charge in [0.05, 0.1) is 5.52 Å². The molecule has 1 radical (unpaired) electrons. The predicted molar refractivity (Wildman–Crippen MR) is 89.7 cm³/mol. The summed E-state index contributed by atoms with van der Waals surface area (Å²) in [5.74, 6) is 0. The first-order chi connectivity index (χ1) is 10.4. The van der Waals surface area contributed by atoms with Crippen molar-refractivity contribution in [2.45, 2.75) is 0 Å². The molecule has 21 heavy (non-hydrogen) atoms. The Hall–Kier alpha value is -2.80. The fraction of sp³-hybridized carbons (Fsp3) is 0. The average molecular weight is 266 g/mol. The molecular weight excluding hydrogens is 254 g/mol. The van der Waals surface area contributed by atoms with Crippen LogP contribution in [0.1, 0.15) is 0 Å². The molecule has 1 aromatic heterocycles. The maximum absolute atomic E-state index is 3.46. The highest BCUT2D eigenvalue weighted by Gasteiger charge is 2.08. The normalized spacial score (nSPS) is 11.8. The third-order valence-electron chi connectivity index (χ3n) is 4.27. The zero-order valence-corrected chi connectivity index (χ0v) is 11.4. The van der Waals surface area contributed by atoms with Gasteiger partial charge in [0.25, 0.3) is 0 Å². The van der Waals surface area contributed by atoms with Crippen molar-refractivity contribution in [3.63, 3.8) is 0 Å². The number of H-pyrrole nitrogens is 1. The van der Waals surface area contributed by atoms with Gasteiger partial charge in [-0.25, -0.2) is 0 Å². The number of aromatic nitrogens is 1. The van der Waals surface area contributed by atoms with Gasteiger partial charge in [0, 0.05) is 22.4 Å². The van der Waals surface area contributed by atoms with E-state index < -0.39 is 0 Å². The van der Waals surface area contributed by atoms with Crippen LogP contribution in [0.3, 0.4) is 0 Å². The van der Waals surface area contributed by atoms with Gasteiger partial charge in [0.2, 0.25) is 0 Å². The van der Waals surface area contributed by atoms with Gasteiger partial charge in [-0.3, -0.25) is 0 Å².